The van der Waals surface area contributed by atoms with Crippen molar-refractivity contribution in [2.24, 2.45) is 0 Å². The minimum Gasteiger partial charge on any atom is -0.486 e. The summed E-state index contributed by atoms with van der Waals surface area (Å²) in [4.78, 5) is 0. The monoisotopic (exact) mass is 252 g/mol. The third-order valence-corrected chi connectivity index (χ3v) is 2.72. The molecule has 0 saturated carbocycles. The second-order valence-electron chi connectivity index (χ2n) is 3.92. The van der Waals surface area contributed by atoms with Gasteiger partial charge in [-0.25, -0.2) is 0 Å². The molecule has 0 aliphatic carbocycles. The van der Waals surface area contributed by atoms with E-state index in [1.165, 1.54) is 0 Å². The minimum atomic E-state index is -1.66. The van der Waals surface area contributed by atoms with E-state index >= 15 is 0 Å². The van der Waals surface area contributed by atoms with Gasteiger partial charge in [-0.15, -0.1) is 6.58 Å². The van der Waals surface area contributed by atoms with Crippen LogP contribution in [0.25, 0.3) is 5.57 Å². The molecular formula is C14H14F2O2. The van der Waals surface area contributed by atoms with Gasteiger partial charge in [0.2, 0.25) is 0 Å². The molecule has 1 aromatic rings. The lowest BCUT2D eigenvalue weighted by atomic mass is 10.0. The second-order valence-corrected chi connectivity index (χ2v) is 3.92. The molecule has 18 heavy (non-hydrogen) atoms. The molecule has 1 heterocycles. The van der Waals surface area contributed by atoms with Gasteiger partial charge in [0.05, 0.1) is 0 Å². The van der Waals surface area contributed by atoms with E-state index in [0.717, 1.165) is 0 Å². The summed E-state index contributed by atoms with van der Waals surface area (Å²) in [7, 11) is 0. The van der Waals surface area contributed by atoms with Crippen LogP contribution >= 0.6 is 0 Å². The third kappa shape index (κ3) is 2.70. The van der Waals surface area contributed by atoms with Crippen LogP contribution in [0.4, 0.5) is 8.78 Å². The molecule has 0 N–H and O–H groups in total. The van der Waals surface area contributed by atoms with Crippen LogP contribution in [-0.2, 0) is 0 Å². The average Bonchev–Trinajstić information content (AvgIpc) is 2.38. The molecular weight excluding hydrogens is 238 g/mol. The molecule has 0 bridgehead atoms. The van der Waals surface area contributed by atoms with Crippen molar-refractivity contribution in [3.63, 3.8) is 0 Å². The van der Waals surface area contributed by atoms with Gasteiger partial charge in [0.1, 0.15) is 13.2 Å². The Morgan fingerprint density at radius 3 is 2.61 bits per heavy atom. The molecule has 2 nitrogen and oxygen atoms in total. The number of ether oxygens (including phenoxy) is 2. The standard InChI is InChI=1S/C14H14F2O2/c1-2-3-4-11(14(15)16)10-5-6-12-13(9-10)18-8-7-17-12/h2,5-6,9H,1,3-4,7-8H2. The Labute approximate surface area is 105 Å². The number of halogens is 2. The fraction of sp³-hybridized carbons (Fsp3) is 0.286. The topological polar surface area (TPSA) is 18.5 Å². The zero-order chi connectivity index (χ0) is 13.0. The summed E-state index contributed by atoms with van der Waals surface area (Å²) in [5.41, 5.74) is 0.507. The first kappa shape index (κ1) is 12.6. The maximum absolute atomic E-state index is 12.9. The molecule has 1 aromatic carbocycles. The largest absolute Gasteiger partial charge is 0.486 e. The van der Waals surface area contributed by atoms with Crippen molar-refractivity contribution in [1.29, 1.82) is 0 Å². The summed E-state index contributed by atoms with van der Waals surface area (Å²) in [6.07, 6.45) is 0.751. The summed E-state index contributed by atoms with van der Waals surface area (Å²) >= 11 is 0. The fourth-order valence-corrected chi connectivity index (χ4v) is 1.83. The van der Waals surface area contributed by atoms with E-state index in [-0.39, 0.29) is 12.0 Å². The van der Waals surface area contributed by atoms with E-state index in [0.29, 0.717) is 36.7 Å². The Morgan fingerprint density at radius 1 is 1.22 bits per heavy atom. The van der Waals surface area contributed by atoms with Crippen LogP contribution in [0.5, 0.6) is 11.5 Å². The van der Waals surface area contributed by atoms with E-state index in [2.05, 4.69) is 6.58 Å². The first-order chi connectivity index (χ1) is 8.72. The maximum Gasteiger partial charge on any atom is 0.274 e. The van der Waals surface area contributed by atoms with Crippen LogP contribution in [0.1, 0.15) is 18.4 Å². The Kier molecular flexibility index (Phi) is 3.97. The zero-order valence-electron chi connectivity index (χ0n) is 9.92. The lowest BCUT2D eigenvalue weighted by Crippen LogP contribution is -2.15. The van der Waals surface area contributed by atoms with Gasteiger partial charge in [0.15, 0.2) is 11.5 Å². The first-order valence-electron chi connectivity index (χ1n) is 5.77. The fourth-order valence-electron chi connectivity index (χ4n) is 1.83. The smallest absolute Gasteiger partial charge is 0.274 e. The van der Waals surface area contributed by atoms with Crippen molar-refractivity contribution < 1.29 is 18.3 Å². The summed E-state index contributed by atoms with van der Waals surface area (Å²) < 4.78 is 36.6. The van der Waals surface area contributed by atoms with Gasteiger partial charge in [0.25, 0.3) is 6.08 Å². The Hall–Kier alpha value is -1.84. The maximum atomic E-state index is 12.9. The Balaban J connectivity index is 2.31. The van der Waals surface area contributed by atoms with Gasteiger partial charge in [-0.1, -0.05) is 12.1 Å². The molecule has 0 amide bonds. The molecule has 0 aromatic heterocycles. The van der Waals surface area contributed by atoms with Crippen LogP contribution in [0.2, 0.25) is 0 Å². The molecule has 1 aliphatic heterocycles. The molecule has 1 aliphatic rings. The average molecular weight is 252 g/mol. The third-order valence-electron chi connectivity index (χ3n) is 2.72. The highest BCUT2D eigenvalue weighted by Gasteiger charge is 2.15. The van der Waals surface area contributed by atoms with Crippen LogP contribution in [0.15, 0.2) is 36.9 Å². The number of hydrogen-bond acceptors (Lipinski definition) is 2. The molecule has 2 rings (SSSR count). The van der Waals surface area contributed by atoms with Crippen molar-refractivity contribution in [2.45, 2.75) is 12.8 Å². The van der Waals surface area contributed by atoms with Gasteiger partial charge < -0.3 is 9.47 Å². The van der Waals surface area contributed by atoms with Crippen LogP contribution in [0.3, 0.4) is 0 Å². The molecule has 0 fully saturated rings. The first-order valence-corrected chi connectivity index (χ1v) is 5.77. The molecule has 0 spiro atoms. The lowest BCUT2D eigenvalue weighted by molar-refractivity contribution is 0.171. The van der Waals surface area contributed by atoms with Crippen molar-refractivity contribution in [3.8, 4) is 11.5 Å². The Morgan fingerprint density at radius 2 is 1.94 bits per heavy atom. The lowest BCUT2D eigenvalue weighted by Gasteiger charge is -2.19. The highest BCUT2D eigenvalue weighted by Crippen LogP contribution is 2.35. The molecule has 4 heteroatoms. The van der Waals surface area contributed by atoms with Crippen molar-refractivity contribution in [1.82, 2.24) is 0 Å². The summed E-state index contributed by atoms with van der Waals surface area (Å²) in [5, 5.41) is 0. The number of benzene rings is 1. The van der Waals surface area contributed by atoms with Crippen LogP contribution in [0, 0.1) is 0 Å². The molecule has 0 saturated heterocycles. The summed E-state index contributed by atoms with van der Waals surface area (Å²) in [5.74, 6) is 1.13. The van der Waals surface area contributed by atoms with E-state index in [4.69, 9.17) is 9.47 Å². The Bertz CT molecular complexity index is 477. The van der Waals surface area contributed by atoms with Crippen molar-refractivity contribution in [3.05, 3.63) is 42.5 Å². The number of hydrogen-bond donors (Lipinski definition) is 0. The van der Waals surface area contributed by atoms with Crippen LogP contribution in [-0.4, -0.2) is 13.2 Å². The molecule has 0 radical (unpaired) electrons. The predicted molar refractivity (Wildman–Crippen MR) is 66.0 cm³/mol. The summed E-state index contributed by atoms with van der Waals surface area (Å²) in [6.45, 7) is 4.48. The van der Waals surface area contributed by atoms with E-state index in [9.17, 15) is 8.78 Å². The highest BCUT2D eigenvalue weighted by molar-refractivity contribution is 5.69. The van der Waals surface area contributed by atoms with E-state index < -0.39 is 6.08 Å². The van der Waals surface area contributed by atoms with E-state index in [1.54, 1.807) is 24.3 Å². The number of fused-ring (bicyclic) bond motifs is 1. The van der Waals surface area contributed by atoms with Gasteiger partial charge in [-0.2, -0.15) is 8.78 Å². The van der Waals surface area contributed by atoms with Gasteiger partial charge in [-0.3, -0.25) is 0 Å². The quantitative estimate of drug-likeness (QED) is 0.753. The van der Waals surface area contributed by atoms with Gasteiger partial charge in [0, 0.05) is 5.57 Å². The predicted octanol–water partition coefficient (Wildman–Crippen LogP) is 4.03. The highest BCUT2D eigenvalue weighted by atomic mass is 19.3. The van der Waals surface area contributed by atoms with E-state index in [1.807, 2.05) is 0 Å². The van der Waals surface area contributed by atoms with Gasteiger partial charge in [-0.05, 0) is 30.5 Å². The number of allylic oxidation sites excluding steroid dienone is 2. The van der Waals surface area contributed by atoms with Crippen LogP contribution < -0.4 is 9.47 Å². The van der Waals surface area contributed by atoms with Crippen molar-refractivity contribution in [2.75, 3.05) is 13.2 Å². The van der Waals surface area contributed by atoms with Gasteiger partial charge >= 0.3 is 0 Å². The normalized spacial score (nSPS) is 13.0. The SMILES string of the molecule is C=CCCC(=C(F)F)c1ccc2c(c1)OCCO2. The van der Waals surface area contributed by atoms with Crippen molar-refractivity contribution >= 4 is 5.57 Å². The molecule has 96 valence electrons. The zero-order valence-corrected chi connectivity index (χ0v) is 9.92. The number of rotatable bonds is 4. The minimum absolute atomic E-state index is 0.0341. The second kappa shape index (κ2) is 5.67. The summed E-state index contributed by atoms with van der Waals surface area (Å²) in [6, 6.07) is 4.90. The molecule has 0 atom stereocenters. The molecule has 0 unspecified atom stereocenters.